The van der Waals surface area contributed by atoms with E-state index in [4.69, 9.17) is 15.2 Å². The fourth-order valence-corrected chi connectivity index (χ4v) is 2.03. The lowest BCUT2D eigenvalue weighted by Crippen LogP contribution is -2.49. The van der Waals surface area contributed by atoms with Gasteiger partial charge in [-0.1, -0.05) is 12.1 Å². The molecule has 1 atom stereocenters. The molecular weight excluding hydrogens is 244 g/mol. The van der Waals surface area contributed by atoms with Crippen molar-refractivity contribution >= 4 is 11.6 Å². The fraction of sp³-hybridized carbons (Fsp3) is 0.500. The first-order chi connectivity index (χ1) is 9.11. The molecule has 1 aliphatic heterocycles. The lowest BCUT2D eigenvalue weighted by Gasteiger charge is -2.33. The van der Waals surface area contributed by atoms with Crippen molar-refractivity contribution in [3.8, 4) is 5.75 Å². The van der Waals surface area contributed by atoms with Crippen LogP contribution in [0, 0.1) is 0 Å². The topological polar surface area (TPSA) is 64.8 Å². The first kappa shape index (κ1) is 13.8. The standard InChI is InChI=1S/C14H20N2O3/c1-10(2)19-13-6-4-3-5-12(13)16-8-11(7-15)18-9-14(16)17/h3-6,10-11H,7-9,15H2,1-2H3. The molecule has 0 aliphatic carbocycles. The van der Waals surface area contributed by atoms with E-state index in [2.05, 4.69) is 0 Å². The number of nitrogens with two attached hydrogens (primary N) is 1. The van der Waals surface area contributed by atoms with E-state index >= 15 is 0 Å². The maximum atomic E-state index is 12.0. The summed E-state index contributed by atoms with van der Waals surface area (Å²) in [6, 6.07) is 7.54. The van der Waals surface area contributed by atoms with Gasteiger partial charge in [0.25, 0.3) is 5.91 Å². The van der Waals surface area contributed by atoms with E-state index in [0.29, 0.717) is 18.8 Å². The Morgan fingerprint density at radius 3 is 2.89 bits per heavy atom. The summed E-state index contributed by atoms with van der Waals surface area (Å²) >= 11 is 0. The first-order valence-electron chi connectivity index (χ1n) is 6.49. The van der Waals surface area contributed by atoms with Crippen molar-refractivity contribution < 1.29 is 14.3 Å². The summed E-state index contributed by atoms with van der Waals surface area (Å²) in [5.41, 5.74) is 6.39. The molecule has 5 heteroatoms. The van der Waals surface area contributed by atoms with Crippen molar-refractivity contribution in [2.24, 2.45) is 5.73 Å². The highest BCUT2D eigenvalue weighted by Crippen LogP contribution is 2.30. The summed E-state index contributed by atoms with van der Waals surface area (Å²) in [7, 11) is 0. The second-order valence-electron chi connectivity index (χ2n) is 4.81. The molecule has 1 aromatic rings. The van der Waals surface area contributed by atoms with Crippen molar-refractivity contribution in [2.45, 2.75) is 26.1 Å². The monoisotopic (exact) mass is 264 g/mol. The van der Waals surface area contributed by atoms with Gasteiger partial charge in [0.2, 0.25) is 0 Å². The number of carbonyl (C=O) groups excluding carboxylic acids is 1. The first-order valence-corrected chi connectivity index (χ1v) is 6.49. The lowest BCUT2D eigenvalue weighted by atomic mass is 10.2. The molecule has 0 saturated carbocycles. The number of carbonyl (C=O) groups is 1. The molecule has 19 heavy (non-hydrogen) atoms. The van der Waals surface area contributed by atoms with Crippen LogP contribution in [0.1, 0.15) is 13.8 Å². The van der Waals surface area contributed by atoms with Crippen LogP contribution < -0.4 is 15.4 Å². The van der Waals surface area contributed by atoms with Gasteiger partial charge in [0.05, 0.1) is 24.4 Å². The van der Waals surface area contributed by atoms with Gasteiger partial charge in [0, 0.05) is 6.54 Å². The van der Waals surface area contributed by atoms with E-state index in [0.717, 1.165) is 5.69 Å². The molecule has 2 rings (SSSR count). The average molecular weight is 264 g/mol. The summed E-state index contributed by atoms with van der Waals surface area (Å²) in [4.78, 5) is 13.7. The second kappa shape index (κ2) is 6.04. The lowest BCUT2D eigenvalue weighted by molar-refractivity contribution is -0.129. The minimum absolute atomic E-state index is 0.0580. The molecule has 0 bridgehead atoms. The van der Waals surface area contributed by atoms with Crippen LogP contribution in [0.2, 0.25) is 0 Å². The fourth-order valence-electron chi connectivity index (χ4n) is 2.03. The maximum Gasteiger partial charge on any atom is 0.253 e. The molecule has 0 radical (unpaired) electrons. The molecular formula is C14H20N2O3. The highest BCUT2D eigenvalue weighted by molar-refractivity contribution is 5.96. The van der Waals surface area contributed by atoms with Crippen LogP contribution in [0.5, 0.6) is 5.75 Å². The molecule has 2 N–H and O–H groups in total. The smallest absolute Gasteiger partial charge is 0.253 e. The molecule has 5 nitrogen and oxygen atoms in total. The van der Waals surface area contributed by atoms with Crippen molar-refractivity contribution in [1.82, 2.24) is 0 Å². The van der Waals surface area contributed by atoms with Crippen LogP contribution in [0.4, 0.5) is 5.69 Å². The zero-order valence-electron chi connectivity index (χ0n) is 11.3. The van der Waals surface area contributed by atoms with Crippen molar-refractivity contribution in [1.29, 1.82) is 0 Å². The third kappa shape index (κ3) is 3.24. The largest absolute Gasteiger partial charge is 0.489 e. The molecule has 0 aromatic heterocycles. The normalized spacial score (nSPS) is 19.9. The van der Waals surface area contributed by atoms with Gasteiger partial charge >= 0.3 is 0 Å². The third-order valence-corrected chi connectivity index (χ3v) is 2.91. The number of nitrogens with zero attached hydrogens (tertiary/aromatic N) is 1. The Hall–Kier alpha value is -1.59. The Morgan fingerprint density at radius 1 is 1.47 bits per heavy atom. The molecule has 1 aromatic carbocycles. The number of morpholine rings is 1. The number of ether oxygens (including phenoxy) is 2. The van der Waals surface area contributed by atoms with Crippen LogP contribution in [-0.2, 0) is 9.53 Å². The van der Waals surface area contributed by atoms with Gasteiger partial charge in [0.1, 0.15) is 12.4 Å². The van der Waals surface area contributed by atoms with Gasteiger partial charge in [0.15, 0.2) is 0 Å². The van der Waals surface area contributed by atoms with Crippen LogP contribution >= 0.6 is 0 Å². The van der Waals surface area contributed by atoms with Gasteiger partial charge < -0.3 is 20.1 Å². The Morgan fingerprint density at radius 2 is 2.21 bits per heavy atom. The highest BCUT2D eigenvalue weighted by Gasteiger charge is 2.28. The second-order valence-corrected chi connectivity index (χ2v) is 4.81. The van der Waals surface area contributed by atoms with Crippen LogP contribution in [0.15, 0.2) is 24.3 Å². The number of benzene rings is 1. The molecule has 0 spiro atoms. The molecule has 1 heterocycles. The van der Waals surface area contributed by atoms with E-state index in [-0.39, 0.29) is 24.7 Å². The quantitative estimate of drug-likeness (QED) is 0.886. The van der Waals surface area contributed by atoms with Crippen LogP contribution in [0.3, 0.4) is 0 Å². The molecule has 1 saturated heterocycles. The number of hydrogen-bond donors (Lipinski definition) is 1. The van der Waals surface area contributed by atoms with Gasteiger partial charge in [-0.25, -0.2) is 0 Å². The Labute approximate surface area is 113 Å². The number of amides is 1. The van der Waals surface area contributed by atoms with Crippen molar-refractivity contribution in [2.75, 3.05) is 24.6 Å². The zero-order chi connectivity index (χ0) is 13.8. The van der Waals surface area contributed by atoms with Crippen LogP contribution in [0.25, 0.3) is 0 Å². The SMILES string of the molecule is CC(C)Oc1ccccc1N1CC(CN)OCC1=O. The minimum atomic E-state index is -0.121. The third-order valence-electron chi connectivity index (χ3n) is 2.91. The van der Waals surface area contributed by atoms with Crippen molar-refractivity contribution in [3.05, 3.63) is 24.3 Å². The molecule has 104 valence electrons. The Bertz CT molecular complexity index is 448. The van der Waals surface area contributed by atoms with Crippen LogP contribution in [-0.4, -0.2) is 37.8 Å². The van der Waals surface area contributed by atoms with Gasteiger partial charge in [-0.3, -0.25) is 4.79 Å². The van der Waals surface area contributed by atoms with Gasteiger partial charge in [-0.15, -0.1) is 0 Å². The molecule has 1 unspecified atom stereocenters. The molecule has 1 aliphatic rings. The number of rotatable bonds is 4. The Kier molecular flexibility index (Phi) is 4.39. The Balaban J connectivity index is 2.26. The number of anilines is 1. The summed E-state index contributed by atoms with van der Waals surface area (Å²) < 4.78 is 11.1. The van der Waals surface area contributed by atoms with E-state index < -0.39 is 0 Å². The number of hydrogen-bond acceptors (Lipinski definition) is 4. The molecule has 1 fully saturated rings. The van der Waals surface area contributed by atoms with E-state index in [9.17, 15) is 4.79 Å². The van der Waals surface area contributed by atoms with E-state index in [1.807, 2.05) is 38.1 Å². The average Bonchev–Trinajstić information content (AvgIpc) is 2.40. The van der Waals surface area contributed by atoms with Crippen molar-refractivity contribution in [3.63, 3.8) is 0 Å². The maximum absolute atomic E-state index is 12.0. The van der Waals surface area contributed by atoms with Gasteiger partial charge in [-0.2, -0.15) is 0 Å². The summed E-state index contributed by atoms with van der Waals surface area (Å²) in [5.74, 6) is 0.646. The van der Waals surface area contributed by atoms with E-state index in [1.54, 1.807) is 4.90 Å². The molecule has 1 amide bonds. The predicted molar refractivity (Wildman–Crippen MR) is 73.4 cm³/mol. The minimum Gasteiger partial charge on any atom is -0.489 e. The predicted octanol–water partition coefficient (Wildman–Crippen LogP) is 1.16. The highest BCUT2D eigenvalue weighted by atomic mass is 16.5. The van der Waals surface area contributed by atoms with E-state index in [1.165, 1.54) is 0 Å². The summed E-state index contributed by atoms with van der Waals surface area (Å²) in [6.07, 6.45) is -0.0626. The zero-order valence-corrected chi connectivity index (χ0v) is 11.3. The summed E-state index contributed by atoms with van der Waals surface area (Å²) in [6.45, 7) is 4.85. The van der Waals surface area contributed by atoms with Gasteiger partial charge in [-0.05, 0) is 26.0 Å². The number of para-hydroxylation sites is 2. The summed E-state index contributed by atoms with van der Waals surface area (Å²) in [5, 5.41) is 0.